The summed E-state index contributed by atoms with van der Waals surface area (Å²) in [4.78, 5) is 21.9. The van der Waals surface area contributed by atoms with E-state index >= 15 is 0 Å². The van der Waals surface area contributed by atoms with Gasteiger partial charge in [0.05, 0.1) is 13.7 Å². The SMILES string of the molecule is CCOC(=O)CO[C@@H](CC)C(=O)OC. The van der Waals surface area contributed by atoms with Crippen LogP contribution in [0.1, 0.15) is 20.3 Å². The molecule has 0 aliphatic heterocycles. The van der Waals surface area contributed by atoms with Crippen LogP contribution in [0.25, 0.3) is 0 Å². The van der Waals surface area contributed by atoms with Gasteiger partial charge >= 0.3 is 11.9 Å². The Morgan fingerprint density at radius 1 is 1.29 bits per heavy atom. The molecule has 0 unspecified atom stereocenters. The van der Waals surface area contributed by atoms with Crippen LogP contribution in [0.2, 0.25) is 0 Å². The summed E-state index contributed by atoms with van der Waals surface area (Å²) in [5, 5.41) is 0. The highest BCUT2D eigenvalue weighted by Gasteiger charge is 2.18. The fourth-order valence-electron chi connectivity index (χ4n) is 0.855. The van der Waals surface area contributed by atoms with Crippen molar-refractivity contribution in [3.63, 3.8) is 0 Å². The Labute approximate surface area is 83.3 Å². The van der Waals surface area contributed by atoms with Crippen LogP contribution in [0.4, 0.5) is 0 Å². The monoisotopic (exact) mass is 204 g/mol. The zero-order valence-corrected chi connectivity index (χ0v) is 8.74. The highest BCUT2D eigenvalue weighted by Crippen LogP contribution is 2.00. The van der Waals surface area contributed by atoms with Crippen molar-refractivity contribution >= 4 is 11.9 Å². The van der Waals surface area contributed by atoms with E-state index in [1.165, 1.54) is 7.11 Å². The second-order valence-electron chi connectivity index (χ2n) is 2.54. The largest absolute Gasteiger partial charge is 0.467 e. The molecular formula is C9H16O5. The fourth-order valence-corrected chi connectivity index (χ4v) is 0.855. The summed E-state index contributed by atoms with van der Waals surface area (Å²) in [5.74, 6) is -0.952. The van der Waals surface area contributed by atoms with E-state index in [9.17, 15) is 9.59 Å². The summed E-state index contributed by atoms with van der Waals surface area (Å²) in [6, 6.07) is 0. The molecular weight excluding hydrogens is 188 g/mol. The smallest absolute Gasteiger partial charge is 0.334 e. The molecule has 0 rings (SSSR count). The molecule has 1 atom stereocenters. The third kappa shape index (κ3) is 4.81. The normalized spacial score (nSPS) is 11.9. The van der Waals surface area contributed by atoms with Crippen molar-refractivity contribution in [3.05, 3.63) is 0 Å². The summed E-state index contributed by atoms with van der Waals surface area (Å²) in [7, 11) is 1.28. The molecule has 0 aliphatic carbocycles. The van der Waals surface area contributed by atoms with Gasteiger partial charge < -0.3 is 14.2 Å². The molecule has 0 saturated heterocycles. The Kier molecular flexibility index (Phi) is 6.74. The maximum absolute atomic E-state index is 11.0. The second kappa shape index (κ2) is 7.32. The van der Waals surface area contributed by atoms with Crippen molar-refractivity contribution in [2.75, 3.05) is 20.3 Å². The topological polar surface area (TPSA) is 61.8 Å². The Hall–Kier alpha value is -1.10. The Morgan fingerprint density at radius 2 is 1.93 bits per heavy atom. The molecule has 0 fully saturated rings. The van der Waals surface area contributed by atoms with Gasteiger partial charge in [0, 0.05) is 0 Å². The molecule has 0 bridgehead atoms. The van der Waals surface area contributed by atoms with Gasteiger partial charge in [0.1, 0.15) is 6.61 Å². The number of rotatable bonds is 6. The maximum atomic E-state index is 11.0. The first-order chi connectivity index (χ1) is 6.65. The van der Waals surface area contributed by atoms with E-state index in [-0.39, 0.29) is 6.61 Å². The van der Waals surface area contributed by atoms with Gasteiger partial charge in [0.15, 0.2) is 6.10 Å². The fraction of sp³-hybridized carbons (Fsp3) is 0.778. The van der Waals surface area contributed by atoms with E-state index in [0.717, 1.165) is 0 Å². The van der Waals surface area contributed by atoms with Crippen molar-refractivity contribution < 1.29 is 23.8 Å². The molecule has 0 amide bonds. The molecule has 0 heterocycles. The Bertz CT molecular complexity index is 190. The molecule has 0 aromatic carbocycles. The van der Waals surface area contributed by atoms with E-state index < -0.39 is 18.0 Å². The molecule has 0 aromatic rings. The molecule has 0 aliphatic rings. The molecule has 0 aromatic heterocycles. The minimum atomic E-state index is -0.690. The highest BCUT2D eigenvalue weighted by atomic mass is 16.6. The molecule has 14 heavy (non-hydrogen) atoms. The van der Waals surface area contributed by atoms with E-state index in [4.69, 9.17) is 4.74 Å². The molecule has 5 nitrogen and oxygen atoms in total. The molecule has 0 spiro atoms. The van der Waals surface area contributed by atoms with Crippen LogP contribution < -0.4 is 0 Å². The van der Waals surface area contributed by atoms with Crippen LogP contribution in [0, 0.1) is 0 Å². The lowest BCUT2D eigenvalue weighted by atomic mass is 10.3. The number of hydrogen-bond donors (Lipinski definition) is 0. The van der Waals surface area contributed by atoms with Gasteiger partial charge in [-0.15, -0.1) is 0 Å². The lowest BCUT2D eigenvalue weighted by Crippen LogP contribution is -2.28. The van der Waals surface area contributed by atoms with E-state index in [1.54, 1.807) is 13.8 Å². The first-order valence-corrected chi connectivity index (χ1v) is 4.50. The van der Waals surface area contributed by atoms with Crippen molar-refractivity contribution in [1.29, 1.82) is 0 Å². The quantitative estimate of drug-likeness (QED) is 0.590. The summed E-state index contributed by atoms with van der Waals surface area (Å²) < 4.78 is 14.1. The van der Waals surface area contributed by atoms with Gasteiger partial charge in [-0.2, -0.15) is 0 Å². The Morgan fingerprint density at radius 3 is 2.36 bits per heavy atom. The van der Waals surface area contributed by atoms with Gasteiger partial charge in [0.25, 0.3) is 0 Å². The zero-order valence-electron chi connectivity index (χ0n) is 8.74. The lowest BCUT2D eigenvalue weighted by molar-refractivity contribution is -0.161. The average Bonchev–Trinajstić information content (AvgIpc) is 2.18. The highest BCUT2D eigenvalue weighted by molar-refractivity contribution is 5.75. The minimum absolute atomic E-state index is 0.221. The van der Waals surface area contributed by atoms with Gasteiger partial charge in [0.2, 0.25) is 0 Å². The Balaban J connectivity index is 3.83. The van der Waals surface area contributed by atoms with E-state index in [0.29, 0.717) is 13.0 Å². The van der Waals surface area contributed by atoms with Gasteiger partial charge in [-0.3, -0.25) is 0 Å². The number of carbonyl (C=O) groups is 2. The number of esters is 2. The lowest BCUT2D eigenvalue weighted by Gasteiger charge is -2.12. The summed E-state index contributed by atoms with van der Waals surface area (Å²) in [6.07, 6.45) is -0.226. The van der Waals surface area contributed by atoms with Crippen molar-refractivity contribution in [2.24, 2.45) is 0 Å². The summed E-state index contributed by atoms with van der Waals surface area (Å²) in [5.41, 5.74) is 0. The third-order valence-corrected chi connectivity index (χ3v) is 1.54. The molecule has 82 valence electrons. The predicted molar refractivity (Wildman–Crippen MR) is 48.7 cm³/mol. The van der Waals surface area contributed by atoms with Crippen LogP contribution in [0.3, 0.4) is 0 Å². The van der Waals surface area contributed by atoms with Gasteiger partial charge in [-0.1, -0.05) is 6.92 Å². The van der Waals surface area contributed by atoms with Crippen LogP contribution >= 0.6 is 0 Å². The van der Waals surface area contributed by atoms with Crippen LogP contribution in [0.5, 0.6) is 0 Å². The number of hydrogen-bond acceptors (Lipinski definition) is 5. The standard InChI is InChI=1S/C9H16O5/c1-4-7(9(11)12-3)14-6-8(10)13-5-2/h7H,4-6H2,1-3H3/t7-/m0/s1. The van der Waals surface area contributed by atoms with Gasteiger partial charge in [-0.05, 0) is 13.3 Å². The molecule has 0 N–H and O–H groups in total. The summed E-state index contributed by atoms with van der Waals surface area (Å²) in [6.45, 7) is 3.56. The first-order valence-electron chi connectivity index (χ1n) is 4.50. The van der Waals surface area contributed by atoms with Crippen molar-refractivity contribution in [3.8, 4) is 0 Å². The average molecular weight is 204 g/mol. The molecule has 0 radical (unpaired) electrons. The van der Waals surface area contributed by atoms with Crippen LogP contribution in [-0.4, -0.2) is 38.4 Å². The number of methoxy groups -OCH3 is 1. The van der Waals surface area contributed by atoms with E-state index in [1.807, 2.05) is 0 Å². The molecule has 5 heteroatoms. The van der Waals surface area contributed by atoms with Crippen molar-refractivity contribution in [2.45, 2.75) is 26.4 Å². The minimum Gasteiger partial charge on any atom is -0.467 e. The molecule has 0 saturated carbocycles. The van der Waals surface area contributed by atoms with Crippen LogP contribution in [-0.2, 0) is 23.8 Å². The number of carbonyl (C=O) groups excluding carboxylic acids is 2. The van der Waals surface area contributed by atoms with Crippen LogP contribution in [0.15, 0.2) is 0 Å². The second-order valence-corrected chi connectivity index (χ2v) is 2.54. The van der Waals surface area contributed by atoms with Crippen molar-refractivity contribution in [1.82, 2.24) is 0 Å². The first kappa shape index (κ1) is 12.9. The third-order valence-electron chi connectivity index (χ3n) is 1.54. The summed E-state index contributed by atoms with van der Waals surface area (Å²) >= 11 is 0. The maximum Gasteiger partial charge on any atom is 0.334 e. The van der Waals surface area contributed by atoms with Gasteiger partial charge in [-0.25, -0.2) is 9.59 Å². The van der Waals surface area contributed by atoms with E-state index in [2.05, 4.69) is 9.47 Å². The predicted octanol–water partition coefficient (Wildman–Crippen LogP) is 0.518. The zero-order chi connectivity index (χ0) is 11.0. The number of ether oxygens (including phenoxy) is 3.